The fourth-order valence-electron chi connectivity index (χ4n) is 1.76. The molecule has 3 heteroatoms. The fraction of sp³-hybridized carbons (Fsp3) is 0.286. The largest absolute Gasteiger partial charge is 0.378 e. The maximum Gasteiger partial charge on any atom is 0.0706 e. The van der Waals surface area contributed by atoms with Crippen molar-refractivity contribution in [1.29, 1.82) is 5.26 Å². The van der Waals surface area contributed by atoms with E-state index in [1.165, 1.54) is 5.69 Å². The van der Waals surface area contributed by atoms with E-state index in [-0.39, 0.29) is 0 Å². The summed E-state index contributed by atoms with van der Waals surface area (Å²) in [6.45, 7) is 0. The number of hydrogen-bond donors (Lipinski definition) is 0. The second-order valence-corrected chi connectivity index (χ2v) is 4.23. The van der Waals surface area contributed by atoms with Crippen molar-refractivity contribution in [2.45, 2.75) is 12.8 Å². The van der Waals surface area contributed by atoms with Crippen molar-refractivity contribution in [2.75, 3.05) is 19.0 Å². The van der Waals surface area contributed by atoms with E-state index in [0.29, 0.717) is 6.42 Å². The Balaban J connectivity index is 2.37. The molecule has 0 unspecified atom stereocenters. The zero-order valence-corrected chi connectivity index (χ0v) is 10.1. The van der Waals surface area contributed by atoms with E-state index in [0.717, 1.165) is 23.0 Å². The molecule has 2 rings (SSSR count). The first-order chi connectivity index (χ1) is 8.20. The molecule has 0 saturated heterocycles. The quantitative estimate of drug-likeness (QED) is 0.806. The van der Waals surface area contributed by atoms with Gasteiger partial charge in [0.05, 0.1) is 11.6 Å². The summed E-state index contributed by atoms with van der Waals surface area (Å²) in [4.78, 5) is 6.62. The van der Waals surface area contributed by atoms with Gasteiger partial charge in [-0.15, -0.1) is 0 Å². The summed E-state index contributed by atoms with van der Waals surface area (Å²) < 4.78 is 0. The first-order valence-corrected chi connectivity index (χ1v) is 5.64. The lowest BCUT2D eigenvalue weighted by Crippen LogP contribution is -2.08. The molecule has 3 nitrogen and oxygen atoms in total. The van der Waals surface area contributed by atoms with Gasteiger partial charge in [-0.2, -0.15) is 5.26 Å². The molecule has 0 atom stereocenters. The Labute approximate surface area is 101 Å². The molecule has 17 heavy (non-hydrogen) atoms. The molecular weight excluding hydrogens is 210 g/mol. The number of benzene rings is 1. The highest BCUT2D eigenvalue weighted by atomic mass is 15.1. The van der Waals surface area contributed by atoms with Gasteiger partial charge in [-0.25, -0.2) is 0 Å². The van der Waals surface area contributed by atoms with Crippen molar-refractivity contribution in [3.05, 3.63) is 36.0 Å². The minimum absolute atomic E-state index is 0.522. The maximum atomic E-state index is 8.56. The molecule has 0 N–H and O–H groups in total. The van der Waals surface area contributed by atoms with E-state index >= 15 is 0 Å². The number of pyridine rings is 1. The Hall–Kier alpha value is -2.08. The van der Waals surface area contributed by atoms with Crippen LogP contribution in [-0.2, 0) is 6.42 Å². The third kappa shape index (κ3) is 2.54. The van der Waals surface area contributed by atoms with Crippen LogP contribution in [0.15, 0.2) is 30.3 Å². The Morgan fingerprint density at radius 2 is 2.06 bits per heavy atom. The smallest absolute Gasteiger partial charge is 0.0706 e. The van der Waals surface area contributed by atoms with Crippen LogP contribution in [0.5, 0.6) is 0 Å². The van der Waals surface area contributed by atoms with Crippen LogP contribution in [0.4, 0.5) is 5.69 Å². The monoisotopic (exact) mass is 225 g/mol. The highest BCUT2D eigenvalue weighted by molar-refractivity contribution is 5.82. The Kier molecular flexibility index (Phi) is 3.24. The molecule has 0 aliphatic carbocycles. The molecule has 0 aliphatic heterocycles. The molecule has 0 radical (unpaired) electrons. The number of aromatic nitrogens is 1. The average molecular weight is 225 g/mol. The number of nitriles is 1. The first-order valence-electron chi connectivity index (χ1n) is 5.64. The van der Waals surface area contributed by atoms with Crippen LogP contribution in [-0.4, -0.2) is 19.1 Å². The van der Waals surface area contributed by atoms with Crippen LogP contribution < -0.4 is 4.90 Å². The van der Waals surface area contributed by atoms with E-state index in [2.05, 4.69) is 34.2 Å². The van der Waals surface area contributed by atoms with Crippen LogP contribution in [0, 0.1) is 11.3 Å². The second kappa shape index (κ2) is 4.84. The Morgan fingerprint density at radius 1 is 1.24 bits per heavy atom. The summed E-state index contributed by atoms with van der Waals surface area (Å²) in [5.74, 6) is 0. The van der Waals surface area contributed by atoms with Crippen molar-refractivity contribution in [2.24, 2.45) is 0 Å². The van der Waals surface area contributed by atoms with Crippen LogP contribution in [0.25, 0.3) is 10.9 Å². The SMILES string of the molecule is CN(C)c1ccc2nc(CCC#N)ccc2c1. The van der Waals surface area contributed by atoms with Crippen LogP contribution in [0.3, 0.4) is 0 Å². The third-order valence-corrected chi connectivity index (χ3v) is 2.74. The van der Waals surface area contributed by atoms with Crippen molar-refractivity contribution in [3.63, 3.8) is 0 Å². The zero-order chi connectivity index (χ0) is 12.3. The molecule has 0 spiro atoms. The van der Waals surface area contributed by atoms with Crippen molar-refractivity contribution < 1.29 is 0 Å². The number of aryl methyl sites for hydroxylation is 1. The summed E-state index contributed by atoms with van der Waals surface area (Å²) >= 11 is 0. The van der Waals surface area contributed by atoms with Crippen molar-refractivity contribution in [3.8, 4) is 6.07 Å². The highest BCUT2D eigenvalue weighted by Crippen LogP contribution is 2.20. The minimum Gasteiger partial charge on any atom is -0.378 e. The predicted octanol–water partition coefficient (Wildman–Crippen LogP) is 2.76. The van der Waals surface area contributed by atoms with Gasteiger partial charge in [0, 0.05) is 43.7 Å². The lowest BCUT2D eigenvalue weighted by molar-refractivity contribution is 0.963. The molecule has 2 aromatic rings. The van der Waals surface area contributed by atoms with Crippen molar-refractivity contribution in [1.82, 2.24) is 4.98 Å². The van der Waals surface area contributed by atoms with Gasteiger partial charge in [-0.3, -0.25) is 4.98 Å². The van der Waals surface area contributed by atoms with E-state index in [9.17, 15) is 0 Å². The van der Waals surface area contributed by atoms with Gasteiger partial charge in [-0.1, -0.05) is 6.07 Å². The van der Waals surface area contributed by atoms with E-state index in [1.807, 2.05) is 26.2 Å². The van der Waals surface area contributed by atoms with Gasteiger partial charge < -0.3 is 4.90 Å². The lowest BCUT2D eigenvalue weighted by atomic mass is 10.1. The predicted molar refractivity (Wildman–Crippen MR) is 70.0 cm³/mol. The highest BCUT2D eigenvalue weighted by Gasteiger charge is 2.01. The molecule has 0 aliphatic rings. The summed E-state index contributed by atoms with van der Waals surface area (Å²) in [5.41, 5.74) is 3.15. The average Bonchev–Trinajstić information content (AvgIpc) is 2.35. The molecule has 1 heterocycles. The molecule has 1 aromatic carbocycles. The van der Waals surface area contributed by atoms with Gasteiger partial charge >= 0.3 is 0 Å². The van der Waals surface area contributed by atoms with Crippen molar-refractivity contribution >= 4 is 16.6 Å². The van der Waals surface area contributed by atoms with Gasteiger partial charge in [-0.05, 0) is 24.3 Å². The molecular formula is C14H15N3. The van der Waals surface area contributed by atoms with E-state index in [1.54, 1.807) is 0 Å². The van der Waals surface area contributed by atoms with Crippen LogP contribution in [0.2, 0.25) is 0 Å². The Morgan fingerprint density at radius 3 is 2.76 bits per heavy atom. The first kappa shape index (κ1) is 11.4. The molecule has 86 valence electrons. The molecule has 1 aromatic heterocycles. The summed E-state index contributed by atoms with van der Waals surface area (Å²) in [7, 11) is 4.05. The maximum absolute atomic E-state index is 8.56. The van der Waals surface area contributed by atoms with Gasteiger partial charge in [0.25, 0.3) is 0 Å². The zero-order valence-electron chi connectivity index (χ0n) is 10.1. The van der Waals surface area contributed by atoms with Gasteiger partial charge in [0.1, 0.15) is 0 Å². The second-order valence-electron chi connectivity index (χ2n) is 4.23. The Bertz CT molecular complexity index is 567. The number of nitrogens with zero attached hydrogens (tertiary/aromatic N) is 3. The van der Waals surface area contributed by atoms with Gasteiger partial charge in [0.15, 0.2) is 0 Å². The van der Waals surface area contributed by atoms with E-state index < -0.39 is 0 Å². The molecule has 0 amide bonds. The van der Waals surface area contributed by atoms with E-state index in [4.69, 9.17) is 5.26 Å². The summed E-state index contributed by atoms with van der Waals surface area (Å²) in [6.07, 6.45) is 1.25. The summed E-state index contributed by atoms with van der Waals surface area (Å²) in [6, 6.07) is 12.4. The normalized spacial score (nSPS) is 10.2. The van der Waals surface area contributed by atoms with Crippen LogP contribution in [0.1, 0.15) is 12.1 Å². The third-order valence-electron chi connectivity index (χ3n) is 2.74. The molecule has 0 saturated carbocycles. The minimum atomic E-state index is 0.522. The topological polar surface area (TPSA) is 39.9 Å². The molecule has 0 fully saturated rings. The van der Waals surface area contributed by atoms with Gasteiger partial charge in [0.2, 0.25) is 0 Å². The lowest BCUT2D eigenvalue weighted by Gasteiger charge is -2.12. The summed E-state index contributed by atoms with van der Waals surface area (Å²) in [5, 5.41) is 9.69. The number of hydrogen-bond acceptors (Lipinski definition) is 3. The number of rotatable bonds is 3. The number of fused-ring (bicyclic) bond motifs is 1. The fourth-order valence-corrected chi connectivity index (χ4v) is 1.76. The van der Waals surface area contributed by atoms with Crippen LogP contribution >= 0.6 is 0 Å². The standard InChI is InChI=1S/C14H15N3/c1-17(2)13-7-8-14-11(10-13)5-6-12(16-14)4-3-9-15/h5-8,10H,3-4H2,1-2H3. The number of anilines is 1. The molecule has 0 bridgehead atoms.